The molecule has 0 fully saturated rings. The Kier molecular flexibility index (Phi) is 11.1. The fraction of sp³-hybridized carbons (Fsp3) is 1.00. The summed E-state index contributed by atoms with van der Waals surface area (Å²) in [6, 6.07) is 0.0531. The molecule has 0 amide bonds. The Hall–Kier alpha value is -0.200. The monoisotopic (exact) mass is 235 g/mol. The Morgan fingerprint density at radius 2 is 1.38 bits per heavy atom. The van der Waals surface area contributed by atoms with Gasteiger partial charge in [-0.2, -0.15) is 0 Å². The lowest BCUT2D eigenvalue weighted by Gasteiger charge is -2.16. The lowest BCUT2D eigenvalue weighted by Crippen LogP contribution is -2.32. The molecule has 2 unspecified atom stereocenters. The van der Waals surface area contributed by atoms with E-state index in [2.05, 4.69) is 0 Å². The first kappa shape index (κ1) is 15.8. The quantitative estimate of drug-likeness (QED) is 0.526. The maximum Gasteiger partial charge on any atom is 0.0704 e. The Morgan fingerprint density at radius 3 is 1.88 bits per heavy atom. The minimum Gasteiger partial charge on any atom is -0.382 e. The fourth-order valence-electron chi connectivity index (χ4n) is 0.909. The third kappa shape index (κ3) is 10.3. The largest absolute Gasteiger partial charge is 0.382 e. The molecular weight excluding hydrogens is 210 g/mol. The van der Waals surface area contributed by atoms with Gasteiger partial charge in [0, 0.05) is 13.2 Å². The van der Waals surface area contributed by atoms with Crippen LogP contribution in [0, 0.1) is 0 Å². The lowest BCUT2D eigenvalue weighted by molar-refractivity contribution is -0.0161. The van der Waals surface area contributed by atoms with E-state index in [4.69, 9.17) is 24.7 Å². The van der Waals surface area contributed by atoms with Crippen LogP contribution in [0.1, 0.15) is 13.8 Å². The van der Waals surface area contributed by atoms with Crippen LogP contribution in [0.15, 0.2) is 0 Å². The minimum atomic E-state index is 0.0531. The van der Waals surface area contributed by atoms with E-state index < -0.39 is 0 Å². The van der Waals surface area contributed by atoms with E-state index in [0.717, 1.165) is 0 Å². The van der Waals surface area contributed by atoms with E-state index >= 15 is 0 Å². The predicted molar refractivity (Wildman–Crippen MR) is 62.6 cm³/mol. The Labute approximate surface area is 98.2 Å². The number of methoxy groups -OCH3 is 1. The summed E-state index contributed by atoms with van der Waals surface area (Å²) in [7, 11) is 1.65. The van der Waals surface area contributed by atoms with Crippen molar-refractivity contribution in [2.45, 2.75) is 26.0 Å². The molecule has 5 heteroatoms. The zero-order valence-electron chi connectivity index (χ0n) is 10.6. The van der Waals surface area contributed by atoms with Crippen LogP contribution >= 0.6 is 0 Å². The van der Waals surface area contributed by atoms with Crippen molar-refractivity contribution in [2.75, 3.05) is 46.8 Å². The summed E-state index contributed by atoms with van der Waals surface area (Å²) in [5, 5.41) is 0. The first-order valence-corrected chi connectivity index (χ1v) is 5.70. The highest BCUT2D eigenvalue weighted by Crippen LogP contribution is 1.94. The first-order valence-electron chi connectivity index (χ1n) is 5.70. The topological polar surface area (TPSA) is 62.9 Å². The standard InChI is InChI=1S/C11H25NO4/c1-10(12)11(2)16-9-8-15-7-6-14-5-4-13-3/h10-11H,4-9,12H2,1-3H3. The van der Waals surface area contributed by atoms with Gasteiger partial charge in [0.2, 0.25) is 0 Å². The summed E-state index contributed by atoms with van der Waals surface area (Å²) < 4.78 is 20.8. The van der Waals surface area contributed by atoms with Gasteiger partial charge in [0.15, 0.2) is 0 Å². The molecule has 0 rings (SSSR count). The molecule has 0 aliphatic rings. The van der Waals surface area contributed by atoms with Crippen molar-refractivity contribution in [2.24, 2.45) is 5.73 Å². The van der Waals surface area contributed by atoms with Crippen molar-refractivity contribution in [3.05, 3.63) is 0 Å². The van der Waals surface area contributed by atoms with Crippen LogP contribution in [0.5, 0.6) is 0 Å². The zero-order valence-corrected chi connectivity index (χ0v) is 10.6. The van der Waals surface area contributed by atoms with E-state index in [-0.39, 0.29) is 12.1 Å². The molecule has 0 radical (unpaired) electrons. The fourth-order valence-corrected chi connectivity index (χ4v) is 0.909. The highest BCUT2D eigenvalue weighted by atomic mass is 16.6. The van der Waals surface area contributed by atoms with Gasteiger partial charge in [-0.05, 0) is 13.8 Å². The molecule has 0 aliphatic carbocycles. The van der Waals surface area contributed by atoms with E-state index in [1.807, 2.05) is 13.8 Å². The van der Waals surface area contributed by atoms with Crippen LogP contribution in [0.4, 0.5) is 0 Å². The van der Waals surface area contributed by atoms with Gasteiger partial charge in [-0.3, -0.25) is 0 Å². The molecule has 0 saturated heterocycles. The third-order valence-corrected chi connectivity index (χ3v) is 2.15. The number of nitrogens with two attached hydrogens (primary N) is 1. The van der Waals surface area contributed by atoms with E-state index in [1.54, 1.807) is 7.11 Å². The molecule has 0 heterocycles. The summed E-state index contributed by atoms with van der Waals surface area (Å²) in [4.78, 5) is 0. The molecule has 2 atom stereocenters. The van der Waals surface area contributed by atoms with Gasteiger partial charge in [-0.1, -0.05) is 0 Å². The van der Waals surface area contributed by atoms with Gasteiger partial charge >= 0.3 is 0 Å². The van der Waals surface area contributed by atoms with E-state index in [1.165, 1.54) is 0 Å². The maximum absolute atomic E-state index is 5.65. The van der Waals surface area contributed by atoms with Gasteiger partial charge in [-0.25, -0.2) is 0 Å². The van der Waals surface area contributed by atoms with E-state index in [0.29, 0.717) is 39.6 Å². The van der Waals surface area contributed by atoms with Crippen LogP contribution in [-0.2, 0) is 18.9 Å². The number of ether oxygens (including phenoxy) is 4. The Bertz CT molecular complexity index is 144. The van der Waals surface area contributed by atoms with Crippen molar-refractivity contribution in [3.8, 4) is 0 Å². The number of hydrogen-bond acceptors (Lipinski definition) is 5. The zero-order chi connectivity index (χ0) is 12.2. The van der Waals surface area contributed by atoms with Crippen LogP contribution in [0.2, 0.25) is 0 Å². The van der Waals surface area contributed by atoms with Crippen LogP contribution in [-0.4, -0.2) is 58.9 Å². The van der Waals surface area contributed by atoms with Crippen LogP contribution < -0.4 is 5.73 Å². The molecule has 98 valence electrons. The maximum atomic E-state index is 5.65. The second-order valence-corrected chi connectivity index (χ2v) is 3.65. The van der Waals surface area contributed by atoms with Gasteiger partial charge in [0.05, 0.1) is 45.7 Å². The smallest absolute Gasteiger partial charge is 0.0704 e. The summed E-state index contributed by atoms with van der Waals surface area (Å²) in [5.41, 5.74) is 5.65. The van der Waals surface area contributed by atoms with Gasteiger partial charge in [0.25, 0.3) is 0 Å². The average Bonchev–Trinajstić information content (AvgIpc) is 2.26. The van der Waals surface area contributed by atoms with Gasteiger partial charge in [0.1, 0.15) is 0 Å². The van der Waals surface area contributed by atoms with Gasteiger partial charge in [-0.15, -0.1) is 0 Å². The summed E-state index contributed by atoms with van der Waals surface area (Å²) in [6.45, 7) is 7.43. The first-order chi connectivity index (χ1) is 7.68. The molecule has 16 heavy (non-hydrogen) atoms. The molecule has 5 nitrogen and oxygen atoms in total. The van der Waals surface area contributed by atoms with Crippen molar-refractivity contribution in [1.82, 2.24) is 0 Å². The SMILES string of the molecule is COCCOCCOCCOC(C)C(C)N. The highest BCUT2D eigenvalue weighted by Gasteiger charge is 2.06. The Balaban J connectivity index is 3.04. The molecule has 0 aromatic heterocycles. The van der Waals surface area contributed by atoms with Crippen molar-refractivity contribution in [1.29, 1.82) is 0 Å². The summed E-state index contributed by atoms with van der Waals surface area (Å²) in [6.07, 6.45) is 0.0709. The second kappa shape index (κ2) is 11.3. The number of hydrogen-bond donors (Lipinski definition) is 1. The molecule has 0 aliphatic heterocycles. The van der Waals surface area contributed by atoms with Crippen molar-refractivity contribution < 1.29 is 18.9 Å². The molecule has 0 spiro atoms. The summed E-state index contributed by atoms with van der Waals surface area (Å²) in [5.74, 6) is 0. The molecular formula is C11H25NO4. The second-order valence-electron chi connectivity index (χ2n) is 3.65. The van der Waals surface area contributed by atoms with Crippen LogP contribution in [0.3, 0.4) is 0 Å². The molecule has 0 aromatic carbocycles. The minimum absolute atomic E-state index is 0.0531. The molecule has 0 bridgehead atoms. The van der Waals surface area contributed by atoms with Gasteiger partial charge < -0.3 is 24.7 Å². The lowest BCUT2D eigenvalue weighted by atomic mass is 10.2. The molecule has 0 aromatic rings. The molecule has 0 saturated carbocycles. The normalized spacial score (nSPS) is 15.0. The van der Waals surface area contributed by atoms with E-state index in [9.17, 15) is 0 Å². The third-order valence-electron chi connectivity index (χ3n) is 2.15. The van der Waals surface area contributed by atoms with Crippen LogP contribution in [0.25, 0.3) is 0 Å². The Morgan fingerprint density at radius 1 is 0.875 bits per heavy atom. The summed E-state index contributed by atoms with van der Waals surface area (Å²) >= 11 is 0. The number of rotatable bonds is 11. The van der Waals surface area contributed by atoms with Crippen molar-refractivity contribution in [3.63, 3.8) is 0 Å². The average molecular weight is 235 g/mol. The predicted octanol–water partition coefficient (Wildman–Crippen LogP) is 0.418. The highest BCUT2D eigenvalue weighted by molar-refractivity contribution is 4.61. The molecule has 2 N–H and O–H groups in total. The van der Waals surface area contributed by atoms with Crippen molar-refractivity contribution >= 4 is 0 Å².